The number of carbonyl (C=O) groups is 2. The van der Waals surface area contributed by atoms with Crippen molar-refractivity contribution in [1.29, 1.82) is 0 Å². The minimum atomic E-state index is -3.35. The highest BCUT2D eigenvalue weighted by atomic mass is 32.2. The van der Waals surface area contributed by atoms with Crippen molar-refractivity contribution in [3.05, 3.63) is 24.3 Å². The number of carboxylic acids is 1. The van der Waals surface area contributed by atoms with E-state index in [0.717, 1.165) is 6.42 Å². The van der Waals surface area contributed by atoms with Crippen LogP contribution in [0.5, 0.6) is 0 Å². The van der Waals surface area contributed by atoms with Gasteiger partial charge in [-0.25, -0.2) is 13.2 Å². The fraction of sp³-hybridized carbons (Fsp3) is 0.556. The van der Waals surface area contributed by atoms with Gasteiger partial charge < -0.3 is 15.7 Å². The number of rotatable bonds is 8. The first-order valence-electron chi connectivity index (χ1n) is 9.20. The van der Waals surface area contributed by atoms with Gasteiger partial charge in [0.2, 0.25) is 10.0 Å². The number of anilines is 2. The minimum absolute atomic E-state index is 0.0368. The zero-order valence-electron chi connectivity index (χ0n) is 15.4. The van der Waals surface area contributed by atoms with Gasteiger partial charge in [0, 0.05) is 17.4 Å². The Morgan fingerprint density at radius 3 is 2.22 bits per heavy atom. The second-order valence-electron chi connectivity index (χ2n) is 6.84. The predicted molar refractivity (Wildman–Crippen MR) is 104 cm³/mol. The first kappa shape index (κ1) is 21.0. The average molecular weight is 397 g/mol. The molecule has 1 aliphatic rings. The molecule has 0 saturated heterocycles. The van der Waals surface area contributed by atoms with E-state index in [1.165, 1.54) is 0 Å². The van der Waals surface area contributed by atoms with Gasteiger partial charge in [-0.3, -0.25) is 9.52 Å². The SMILES string of the molecule is CCCCS(=O)(=O)Nc1ccc(NC(=O)NC2CCC(C(=O)O)CC2)cc1. The summed E-state index contributed by atoms with van der Waals surface area (Å²) in [7, 11) is -3.35. The number of nitrogens with one attached hydrogen (secondary N) is 3. The van der Waals surface area contributed by atoms with Crippen molar-refractivity contribution < 1.29 is 23.1 Å². The molecule has 0 heterocycles. The maximum absolute atomic E-state index is 12.1. The molecule has 27 heavy (non-hydrogen) atoms. The molecule has 0 unspecified atom stereocenters. The topological polar surface area (TPSA) is 125 Å². The molecular formula is C18H27N3O5S. The summed E-state index contributed by atoms with van der Waals surface area (Å²) >= 11 is 0. The molecule has 1 aromatic carbocycles. The van der Waals surface area contributed by atoms with E-state index in [1.807, 2.05) is 6.92 Å². The van der Waals surface area contributed by atoms with Crippen LogP contribution >= 0.6 is 0 Å². The number of urea groups is 1. The van der Waals surface area contributed by atoms with E-state index in [9.17, 15) is 18.0 Å². The van der Waals surface area contributed by atoms with Crippen molar-refractivity contribution in [3.63, 3.8) is 0 Å². The van der Waals surface area contributed by atoms with Gasteiger partial charge in [0.05, 0.1) is 11.7 Å². The molecule has 150 valence electrons. The number of benzene rings is 1. The van der Waals surface area contributed by atoms with Crippen molar-refractivity contribution in [3.8, 4) is 0 Å². The van der Waals surface area contributed by atoms with Gasteiger partial charge >= 0.3 is 12.0 Å². The quantitative estimate of drug-likeness (QED) is 0.537. The van der Waals surface area contributed by atoms with E-state index >= 15 is 0 Å². The summed E-state index contributed by atoms with van der Waals surface area (Å²) in [5.41, 5.74) is 0.993. The van der Waals surface area contributed by atoms with E-state index in [1.54, 1.807) is 24.3 Å². The molecule has 0 spiro atoms. The Labute approximate surface area is 159 Å². The number of sulfonamides is 1. The fourth-order valence-electron chi connectivity index (χ4n) is 3.02. The molecule has 1 aromatic rings. The highest BCUT2D eigenvalue weighted by Crippen LogP contribution is 2.24. The highest BCUT2D eigenvalue weighted by molar-refractivity contribution is 7.92. The smallest absolute Gasteiger partial charge is 0.319 e. The van der Waals surface area contributed by atoms with Crippen LogP contribution < -0.4 is 15.4 Å². The lowest BCUT2D eigenvalue weighted by Gasteiger charge is -2.26. The van der Waals surface area contributed by atoms with Crippen LogP contribution in [0, 0.1) is 5.92 Å². The third-order valence-electron chi connectivity index (χ3n) is 4.59. The van der Waals surface area contributed by atoms with Crippen molar-refractivity contribution >= 4 is 33.4 Å². The molecule has 9 heteroatoms. The van der Waals surface area contributed by atoms with Crippen LogP contribution in [0.1, 0.15) is 45.4 Å². The normalized spacial score (nSPS) is 19.9. The number of unbranched alkanes of at least 4 members (excludes halogenated alkanes) is 1. The van der Waals surface area contributed by atoms with E-state index < -0.39 is 16.0 Å². The summed E-state index contributed by atoms with van der Waals surface area (Å²) < 4.78 is 26.3. The average Bonchev–Trinajstić information content (AvgIpc) is 2.62. The molecule has 0 bridgehead atoms. The van der Waals surface area contributed by atoms with E-state index in [0.29, 0.717) is 43.5 Å². The van der Waals surface area contributed by atoms with Gasteiger partial charge in [-0.1, -0.05) is 13.3 Å². The lowest BCUT2D eigenvalue weighted by Crippen LogP contribution is -2.40. The lowest BCUT2D eigenvalue weighted by atomic mass is 9.86. The molecule has 1 saturated carbocycles. The number of hydrogen-bond donors (Lipinski definition) is 4. The van der Waals surface area contributed by atoms with Crippen LogP contribution in [0.3, 0.4) is 0 Å². The third kappa shape index (κ3) is 7.09. The molecule has 1 fully saturated rings. The Hall–Kier alpha value is -2.29. The standard InChI is InChI=1S/C18H27N3O5S/c1-2-3-12-27(25,26)21-16-10-8-15(9-11-16)20-18(24)19-14-6-4-13(5-7-14)17(22)23/h8-11,13-14,21H,2-7,12H2,1H3,(H,22,23)(H2,19,20,24). The number of amides is 2. The van der Waals surface area contributed by atoms with Gasteiger partial charge in [-0.15, -0.1) is 0 Å². The third-order valence-corrected chi connectivity index (χ3v) is 5.97. The summed E-state index contributed by atoms with van der Waals surface area (Å²) in [6.07, 6.45) is 3.81. The van der Waals surface area contributed by atoms with Crippen molar-refractivity contribution in [1.82, 2.24) is 5.32 Å². The van der Waals surface area contributed by atoms with Gasteiger partial charge in [0.25, 0.3) is 0 Å². The summed E-state index contributed by atoms with van der Waals surface area (Å²) in [6.45, 7) is 1.93. The predicted octanol–water partition coefficient (Wildman–Crippen LogP) is 2.99. The van der Waals surface area contributed by atoms with Crippen molar-refractivity contribution in [2.45, 2.75) is 51.5 Å². The number of carboxylic acid groups (broad SMARTS) is 1. The van der Waals surface area contributed by atoms with Crippen LogP contribution in [0.4, 0.5) is 16.2 Å². The summed E-state index contributed by atoms with van der Waals surface area (Å²) in [5, 5.41) is 14.5. The molecule has 8 nitrogen and oxygen atoms in total. The Bertz CT molecular complexity index is 741. The molecule has 0 aliphatic heterocycles. The molecular weight excluding hydrogens is 370 g/mol. The second-order valence-corrected chi connectivity index (χ2v) is 8.68. The largest absolute Gasteiger partial charge is 0.481 e. The summed E-state index contributed by atoms with van der Waals surface area (Å²) in [6, 6.07) is 6.04. The second kappa shape index (κ2) is 9.59. The Balaban J connectivity index is 1.80. The van der Waals surface area contributed by atoms with Crippen LogP contribution in [0.2, 0.25) is 0 Å². The Morgan fingerprint density at radius 2 is 1.67 bits per heavy atom. The lowest BCUT2D eigenvalue weighted by molar-refractivity contribution is -0.142. The molecule has 4 N–H and O–H groups in total. The van der Waals surface area contributed by atoms with Crippen LogP contribution in [-0.4, -0.2) is 37.3 Å². The maximum atomic E-state index is 12.1. The Kier molecular flexibility index (Phi) is 7.46. The summed E-state index contributed by atoms with van der Waals surface area (Å²) in [4.78, 5) is 23.0. The van der Waals surface area contributed by atoms with Crippen molar-refractivity contribution in [2.75, 3.05) is 15.8 Å². The number of hydrogen-bond acceptors (Lipinski definition) is 4. The van der Waals surface area contributed by atoms with Gasteiger partial charge in [-0.05, 0) is 56.4 Å². The zero-order valence-corrected chi connectivity index (χ0v) is 16.2. The van der Waals surface area contributed by atoms with Gasteiger partial charge in [0.15, 0.2) is 0 Å². The molecule has 0 radical (unpaired) electrons. The highest BCUT2D eigenvalue weighted by Gasteiger charge is 2.26. The minimum Gasteiger partial charge on any atom is -0.481 e. The number of aliphatic carboxylic acids is 1. The molecule has 2 rings (SSSR count). The van der Waals surface area contributed by atoms with E-state index in [-0.39, 0.29) is 23.7 Å². The Morgan fingerprint density at radius 1 is 1.07 bits per heavy atom. The van der Waals surface area contributed by atoms with E-state index in [2.05, 4.69) is 15.4 Å². The monoisotopic (exact) mass is 397 g/mol. The molecule has 1 aliphatic carbocycles. The molecule has 0 atom stereocenters. The van der Waals surface area contributed by atoms with E-state index in [4.69, 9.17) is 5.11 Å². The van der Waals surface area contributed by atoms with Crippen LogP contribution in [-0.2, 0) is 14.8 Å². The fourth-order valence-corrected chi connectivity index (χ4v) is 4.29. The number of carbonyl (C=O) groups excluding carboxylic acids is 1. The first-order valence-corrected chi connectivity index (χ1v) is 10.8. The first-order chi connectivity index (χ1) is 12.8. The van der Waals surface area contributed by atoms with Crippen LogP contribution in [0.25, 0.3) is 0 Å². The summed E-state index contributed by atoms with van der Waals surface area (Å²) in [5.74, 6) is -1.01. The molecule has 0 aromatic heterocycles. The van der Waals surface area contributed by atoms with Crippen LogP contribution in [0.15, 0.2) is 24.3 Å². The van der Waals surface area contributed by atoms with Gasteiger partial charge in [-0.2, -0.15) is 0 Å². The zero-order chi connectivity index (χ0) is 19.9. The maximum Gasteiger partial charge on any atom is 0.319 e. The van der Waals surface area contributed by atoms with Crippen molar-refractivity contribution in [2.24, 2.45) is 5.92 Å². The molecule has 2 amide bonds. The van der Waals surface area contributed by atoms with Gasteiger partial charge in [0.1, 0.15) is 0 Å².